The molecule has 2 rings (SSSR count). The monoisotopic (exact) mass is 269 g/mol. The van der Waals surface area contributed by atoms with Gasteiger partial charge in [-0.2, -0.15) is 0 Å². The van der Waals surface area contributed by atoms with Gasteiger partial charge in [-0.15, -0.1) is 11.3 Å². The maximum absolute atomic E-state index is 11.9. The van der Waals surface area contributed by atoms with Gasteiger partial charge in [0.15, 0.2) is 0 Å². The van der Waals surface area contributed by atoms with Crippen molar-refractivity contribution in [1.82, 2.24) is 9.88 Å². The fourth-order valence-electron chi connectivity index (χ4n) is 1.87. The summed E-state index contributed by atoms with van der Waals surface area (Å²) in [7, 11) is 1.67. The molecule has 1 aliphatic carbocycles. The minimum absolute atomic E-state index is 0.150. The standard InChI is InChI=1S/C11H15N3O3S/c1-3-10-12-7(6-18-10)5-13(2)11(15)8-4-9(8)14(16)17/h6,8-9H,3-5H2,1-2H3/t8-,9-/m0/s1. The summed E-state index contributed by atoms with van der Waals surface area (Å²) in [6, 6.07) is -0.679. The van der Waals surface area contributed by atoms with E-state index in [2.05, 4.69) is 4.98 Å². The summed E-state index contributed by atoms with van der Waals surface area (Å²) in [5.74, 6) is -0.586. The van der Waals surface area contributed by atoms with Gasteiger partial charge >= 0.3 is 0 Å². The predicted octanol–water partition coefficient (Wildman–Crippen LogP) is 1.33. The largest absolute Gasteiger partial charge is 0.339 e. The predicted molar refractivity (Wildman–Crippen MR) is 66.9 cm³/mol. The van der Waals surface area contributed by atoms with Crippen LogP contribution in [-0.4, -0.2) is 33.8 Å². The van der Waals surface area contributed by atoms with Gasteiger partial charge in [-0.3, -0.25) is 14.9 Å². The quantitative estimate of drug-likeness (QED) is 0.597. The molecule has 0 saturated heterocycles. The van der Waals surface area contributed by atoms with Crippen molar-refractivity contribution in [1.29, 1.82) is 0 Å². The van der Waals surface area contributed by atoms with Crippen LogP contribution in [0.4, 0.5) is 0 Å². The Morgan fingerprint density at radius 1 is 1.72 bits per heavy atom. The van der Waals surface area contributed by atoms with Gasteiger partial charge in [-0.25, -0.2) is 4.98 Å². The second-order valence-corrected chi connectivity index (χ2v) is 5.42. The van der Waals surface area contributed by atoms with E-state index in [1.807, 2.05) is 12.3 Å². The first-order valence-electron chi connectivity index (χ1n) is 5.84. The van der Waals surface area contributed by atoms with E-state index < -0.39 is 12.0 Å². The molecule has 98 valence electrons. The van der Waals surface area contributed by atoms with Gasteiger partial charge in [0.2, 0.25) is 11.9 Å². The Bertz CT molecular complexity index is 474. The molecular weight excluding hydrogens is 254 g/mol. The number of nitrogens with zero attached hydrogens (tertiary/aromatic N) is 3. The molecule has 1 fully saturated rings. The Morgan fingerprint density at radius 2 is 2.44 bits per heavy atom. The first-order valence-corrected chi connectivity index (χ1v) is 6.72. The lowest BCUT2D eigenvalue weighted by atomic mass is 10.3. The van der Waals surface area contributed by atoms with Gasteiger partial charge in [-0.05, 0) is 6.42 Å². The van der Waals surface area contributed by atoms with Crippen LogP contribution in [0.1, 0.15) is 24.0 Å². The molecule has 1 aromatic heterocycles. The minimum Gasteiger partial charge on any atom is -0.339 e. The summed E-state index contributed by atoms with van der Waals surface area (Å²) < 4.78 is 0. The second kappa shape index (κ2) is 5.01. The Morgan fingerprint density at radius 3 is 2.94 bits per heavy atom. The summed E-state index contributed by atoms with van der Waals surface area (Å²) in [5.41, 5.74) is 0.853. The van der Waals surface area contributed by atoms with Gasteiger partial charge < -0.3 is 4.90 Å². The fraction of sp³-hybridized carbons (Fsp3) is 0.636. The normalized spacial score (nSPS) is 21.7. The number of carbonyl (C=O) groups is 1. The molecular formula is C11H15N3O3S. The van der Waals surface area contributed by atoms with Crippen molar-refractivity contribution in [3.8, 4) is 0 Å². The zero-order valence-corrected chi connectivity index (χ0v) is 11.1. The number of aromatic nitrogens is 1. The molecule has 2 atom stereocenters. The number of nitro groups is 1. The third-order valence-electron chi connectivity index (χ3n) is 3.02. The lowest BCUT2D eigenvalue weighted by molar-refractivity contribution is -0.497. The van der Waals surface area contributed by atoms with E-state index in [0.29, 0.717) is 13.0 Å². The summed E-state index contributed by atoms with van der Waals surface area (Å²) >= 11 is 1.58. The highest BCUT2D eigenvalue weighted by Crippen LogP contribution is 2.34. The van der Waals surface area contributed by atoms with Gasteiger partial charge in [0.25, 0.3) is 0 Å². The number of thiazole rings is 1. The first-order chi connectivity index (χ1) is 8.52. The van der Waals surface area contributed by atoms with E-state index in [9.17, 15) is 14.9 Å². The van der Waals surface area contributed by atoms with Crippen LogP contribution in [0.25, 0.3) is 0 Å². The SMILES string of the molecule is CCc1nc(CN(C)C(=O)[C@H]2C[C@@H]2[N+](=O)[O-])cs1. The highest BCUT2D eigenvalue weighted by atomic mass is 32.1. The fourth-order valence-corrected chi connectivity index (χ4v) is 2.60. The maximum Gasteiger partial charge on any atom is 0.233 e. The van der Waals surface area contributed by atoms with Crippen molar-refractivity contribution in [2.45, 2.75) is 32.4 Å². The Balaban J connectivity index is 1.90. The molecule has 0 spiro atoms. The molecule has 1 heterocycles. The Hall–Kier alpha value is -1.50. The second-order valence-electron chi connectivity index (χ2n) is 4.48. The highest BCUT2D eigenvalue weighted by Gasteiger charge is 2.54. The van der Waals surface area contributed by atoms with Crippen molar-refractivity contribution in [3.05, 3.63) is 26.2 Å². The molecule has 0 aromatic carbocycles. The van der Waals surface area contributed by atoms with Crippen LogP contribution < -0.4 is 0 Å². The molecule has 0 unspecified atom stereocenters. The van der Waals surface area contributed by atoms with E-state index in [0.717, 1.165) is 17.1 Å². The molecule has 6 nitrogen and oxygen atoms in total. The van der Waals surface area contributed by atoms with E-state index >= 15 is 0 Å². The van der Waals surface area contributed by atoms with Gasteiger partial charge in [0.05, 0.1) is 17.2 Å². The topological polar surface area (TPSA) is 76.3 Å². The molecule has 7 heteroatoms. The van der Waals surface area contributed by atoms with Crippen LogP contribution >= 0.6 is 11.3 Å². The van der Waals surface area contributed by atoms with Gasteiger partial charge in [-0.1, -0.05) is 6.92 Å². The van der Waals surface area contributed by atoms with Gasteiger partial charge in [0, 0.05) is 23.8 Å². The van der Waals surface area contributed by atoms with E-state index in [1.54, 1.807) is 18.4 Å². The number of carbonyl (C=O) groups excluding carboxylic acids is 1. The van der Waals surface area contributed by atoms with Crippen LogP contribution in [0.15, 0.2) is 5.38 Å². The average Bonchev–Trinajstić information content (AvgIpc) is 3.02. The summed E-state index contributed by atoms with van der Waals surface area (Å²) in [4.78, 5) is 28.0. The Kier molecular flexibility index (Phi) is 3.60. The van der Waals surface area contributed by atoms with Crippen LogP contribution in [0.3, 0.4) is 0 Å². The Labute approximate surface area is 109 Å². The van der Waals surface area contributed by atoms with E-state index in [4.69, 9.17) is 0 Å². The lowest BCUT2D eigenvalue weighted by Gasteiger charge is -2.14. The molecule has 1 saturated carbocycles. The number of rotatable bonds is 5. The molecule has 1 aromatic rings. The maximum atomic E-state index is 11.9. The average molecular weight is 269 g/mol. The lowest BCUT2D eigenvalue weighted by Crippen LogP contribution is -2.29. The van der Waals surface area contributed by atoms with Crippen molar-refractivity contribution in [3.63, 3.8) is 0 Å². The van der Waals surface area contributed by atoms with E-state index in [1.165, 1.54) is 4.90 Å². The van der Waals surface area contributed by atoms with Crippen LogP contribution in [0.2, 0.25) is 0 Å². The zero-order chi connectivity index (χ0) is 13.3. The van der Waals surface area contributed by atoms with Crippen LogP contribution in [-0.2, 0) is 17.8 Å². The summed E-state index contributed by atoms with van der Waals surface area (Å²) in [6.07, 6.45) is 1.25. The number of hydrogen-bond donors (Lipinski definition) is 0. The molecule has 0 aliphatic heterocycles. The summed E-state index contributed by atoms with van der Waals surface area (Å²) in [6.45, 7) is 2.46. The van der Waals surface area contributed by atoms with Crippen molar-refractivity contribution in [2.75, 3.05) is 7.05 Å². The van der Waals surface area contributed by atoms with Crippen molar-refractivity contribution < 1.29 is 9.72 Å². The molecule has 0 N–H and O–H groups in total. The molecule has 0 bridgehead atoms. The molecule has 0 radical (unpaired) electrons. The highest BCUT2D eigenvalue weighted by molar-refractivity contribution is 7.09. The van der Waals surface area contributed by atoms with Crippen molar-refractivity contribution >= 4 is 17.2 Å². The van der Waals surface area contributed by atoms with Crippen LogP contribution in [0.5, 0.6) is 0 Å². The van der Waals surface area contributed by atoms with Crippen molar-refractivity contribution in [2.24, 2.45) is 5.92 Å². The molecule has 18 heavy (non-hydrogen) atoms. The molecule has 1 aliphatic rings. The van der Waals surface area contributed by atoms with E-state index in [-0.39, 0.29) is 10.8 Å². The minimum atomic E-state index is -0.679. The third kappa shape index (κ3) is 2.66. The molecule has 1 amide bonds. The number of amides is 1. The van der Waals surface area contributed by atoms with Gasteiger partial charge in [0.1, 0.15) is 5.92 Å². The summed E-state index contributed by atoms with van der Waals surface area (Å²) in [5, 5.41) is 13.5. The number of hydrogen-bond acceptors (Lipinski definition) is 5. The third-order valence-corrected chi connectivity index (χ3v) is 4.06. The number of aryl methyl sites for hydroxylation is 1. The smallest absolute Gasteiger partial charge is 0.233 e. The first kappa shape index (κ1) is 12.9. The van der Waals surface area contributed by atoms with Crippen LogP contribution in [0, 0.1) is 16.0 Å². The zero-order valence-electron chi connectivity index (χ0n) is 10.3.